The molecule has 0 amide bonds. The van der Waals surface area contributed by atoms with Crippen LogP contribution in [0.1, 0.15) is 40.0 Å². The number of hydrogen-bond acceptors (Lipinski definition) is 2. The molecule has 2 aliphatic carbocycles. The molecule has 2 aliphatic rings. The third kappa shape index (κ3) is 1.45. The van der Waals surface area contributed by atoms with Crippen LogP contribution in [0.25, 0.3) is 0 Å². The molecule has 0 saturated heterocycles. The normalized spacial score (nSPS) is 43.5. The SMILES string of the molecule is C[C@H]1CC2CC[C@@]1(CS(=O)(=O)O)C2(C)C. The molecule has 2 rings (SSSR count). The minimum absolute atomic E-state index is 0.0509. The minimum atomic E-state index is -3.86. The van der Waals surface area contributed by atoms with E-state index >= 15 is 0 Å². The van der Waals surface area contributed by atoms with Gasteiger partial charge in [-0.2, -0.15) is 8.42 Å². The van der Waals surface area contributed by atoms with Gasteiger partial charge in [-0.3, -0.25) is 4.55 Å². The Labute approximate surface area is 92.0 Å². The van der Waals surface area contributed by atoms with Gasteiger partial charge in [0.25, 0.3) is 10.1 Å². The molecule has 1 unspecified atom stereocenters. The van der Waals surface area contributed by atoms with E-state index in [1.54, 1.807) is 0 Å². The maximum Gasteiger partial charge on any atom is 0.265 e. The summed E-state index contributed by atoms with van der Waals surface area (Å²) in [6.45, 7) is 6.46. The van der Waals surface area contributed by atoms with Crippen LogP contribution in [0.2, 0.25) is 0 Å². The molecular weight excluding hydrogens is 212 g/mol. The van der Waals surface area contributed by atoms with E-state index in [1.807, 2.05) is 0 Å². The second-order valence-corrected chi connectivity index (χ2v) is 7.43. The average molecular weight is 232 g/mol. The highest BCUT2D eigenvalue weighted by Gasteiger charge is 2.63. The van der Waals surface area contributed by atoms with Gasteiger partial charge in [-0.25, -0.2) is 0 Å². The topological polar surface area (TPSA) is 54.4 Å². The maximum absolute atomic E-state index is 11.2. The lowest BCUT2D eigenvalue weighted by atomic mass is 9.67. The van der Waals surface area contributed by atoms with Gasteiger partial charge in [0.1, 0.15) is 0 Å². The molecule has 4 heteroatoms. The van der Waals surface area contributed by atoms with Crippen LogP contribution in [0.5, 0.6) is 0 Å². The second kappa shape index (κ2) is 2.98. The molecule has 0 aromatic rings. The zero-order chi connectivity index (χ0) is 11.5. The summed E-state index contributed by atoms with van der Waals surface area (Å²) in [5.74, 6) is 0.993. The Hall–Kier alpha value is -0.0900. The number of rotatable bonds is 2. The zero-order valence-corrected chi connectivity index (χ0v) is 10.5. The standard InChI is InChI=1S/C11H20O3S/c1-8-6-9-4-5-11(8,10(9,2)3)7-15(12,13)14/h8-9H,4-7H2,1-3H3,(H,12,13,14)/t8-,9?,11-/m0/s1. The van der Waals surface area contributed by atoms with Gasteiger partial charge >= 0.3 is 0 Å². The zero-order valence-electron chi connectivity index (χ0n) is 9.66. The molecule has 2 bridgehead atoms. The predicted octanol–water partition coefficient (Wildman–Crippen LogP) is 2.34. The monoisotopic (exact) mass is 232 g/mol. The molecule has 0 aromatic heterocycles. The summed E-state index contributed by atoms with van der Waals surface area (Å²) in [6, 6.07) is 0. The van der Waals surface area contributed by atoms with Crippen molar-refractivity contribution in [3.05, 3.63) is 0 Å². The maximum atomic E-state index is 11.2. The summed E-state index contributed by atoms with van der Waals surface area (Å²) < 4.78 is 31.4. The average Bonchev–Trinajstić information content (AvgIpc) is 2.34. The molecule has 1 N–H and O–H groups in total. The third-order valence-corrected chi connectivity index (χ3v) is 6.14. The van der Waals surface area contributed by atoms with Crippen LogP contribution < -0.4 is 0 Å². The Balaban J connectivity index is 2.40. The fraction of sp³-hybridized carbons (Fsp3) is 1.00. The van der Waals surface area contributed by atoms with Gasteiger partial charge in [0.15, 0.2) is 0 Å². The third-order valence-electron chi connectivity index (χ3n) is 5.26. The summed E-state index contributed by atoms with van der Waals surface area (Å²) in [6.07, 6.45) is 3.18. The first kappa shape index (κ1) is 11.4. The van der Waals surface area contributed by atoms with Crippen molar-refractivity contribution in [2.45, 2.75) is 40.0 Å². The molecule has 0 aromatic carbocycles. The second-order valence-electron chi connectivity index (χ2n) is 5.98. The lowest BCUT2D eigenvalue weighted by Crippen LogP contribution is -2.40. The molecule has 2 saturated carbocycles. The van der Waals surface area contributed by atoms with E-state index < -0.39 is 10.1 Å². The van der Waals surface area contributed by atoms with Crippen LogP contribution in [-0.2, 0) is 10.1 Å². The van der Waals surface area contributed by atoms with Crippen LogP contribution in [0.3, 0.4) is 0 Å². The first-order valence-corrected chi connectivity index (χ1v) is 7.25. The van der Waals surface area contributed by atoms with Gasteiger partial charge in [0, 0.05) is 0 Å². The molecule has 0 radical (unpaired) electrons. The molecule has 88 valence electrons. The van der Waals surface area contributed by atoms with Crippen molar-refractivity contribution >= 4 is 10.1 Å². The molecule has 0 spiro atoms. The minimum Gasteiger partial charge on any atom is -0.286 e. The quantitative estimate of drug-likeness (QED) is 0.743. The summed E-state index contributed by atoms with van der Waals surface area (Å²) in [5, 5.41) is 0. The Kier molecular flexibility index (Phi) is 2.26. The van der Waals surface area contributed by atoms with Crippen molar-refractivity contribution in [3.63, 3.8) is 0 Å². The van der Waals surface area contributed by atoms with E-state index in [4.69, 9.17) is 4.55 Å². The highest BCUT2D eigenvalue weighted by Crippen LogP contribution is 2.68. The first-order chi connectivity index (χ1) is 6.69. The molecular formula is C11H20O3S. The Morgan fingerprint density at radius 3 is 2.33 bits per heavy atom. The van der Waals surface area contributed by atoms with E-state index in [2.05, 4.69) is 20.8 Å². The van der Waals surface area contributed by atoms with E-state index in [1.165, 1.54) is 0 Å². The van der Waals surface area contributed by atoms with Crippen molar-refractivity contribution in [1.29, 1.82) is 0 Å². The first-order valence-electron chi connectivity index (χ1n) is 5.64. The Bertz CT molecular complexity index is 371. The van der Waals surface area contributed by atoms with Gasteiger partial charge in [0.05, 0.1) is 5.75 Å². The van der Waals surface area contributed by atoms with Crippen molar-refractivity contribution in [2.24, 2.45) is 22.7 Å². The van der Waals surface area contributed by atoms with Gasteiger partial charge in [-0.15, -0.1) is 0 Å². The largest absolute Gasteiger partial charge is 0.286 e. The lowest BCUT2D eigenvalue weighted by molar-refractivity contribution is 0.113. The van der Waals surface area contributed by atoms with Gasteiger partial charge < -0.3 is 0 Å². The molecule has 0 heterocycles. The summed E-state index contributed by atoms with van der Waals surface area (Å²) in [5.41, 5.74) is -0.131. The fourth-order valence-corrected chi connectivity index (χ4v) is 5.65. The Morgan fingerprint density at radius 2 is 2.00 bits per heavy atom. The smallest absolute Gasteiger partial charge is 0.265 e. The summed E-state index contributed by atoms with van der Waals surface area (Å²) >= 11 is 0. The van der Waals surface area contributed by atoms with E-state index in [0.717, 1.165) is 19.3 Å². The molecule has 15 heavy (non-hydrogen) atoms. The van der Waals surface area contributed by atoms with Crippen molar-refractivity contribution < 1.29 is 13.0 Å². The highest BCUT2D eigenvalue weighted by atomic mass is 32.2. The highest BCUT2D eigenvalue weighted by molar-refractivity contribution is 7.85. The van der Waals surface area contributed by atoms with E-state index in [-0.39, 0.29) is 16.6 Å². The summed E-state index contributed by atoms with van der Waals surface area (Å²) in [7, 11) is -3.86. The van der Waals surface area contributed by atoms with Gasteiger partial charge in [-0.05, 0) is 41.9 Å². The Morgan fingerprint density at radius 1 is 1.40 bits per heavy atom. The van der Waals surface area contributed by atoms with Crippen LogP contribution in [0, 0.1) is 22.7 Å². The van der Waals surface area contributed by atoms with Crippen molar-refractivity contribution in [3.8, 4) is 0 Å². The van der Waals surface area contributed by atoms with Crippen molar-refractivity contribution in [1.82, 2.24) is 0 Å². The molecule has 0 aliphatic heterocycles. The van der Waals surface area contributed by atoms with E-state index in [9.17, 15) is 8.42 Å². The molecule has 3 atom stereocenters. The fourth-order valence-electron chi connectivity index (χ4n) is 4.19. The van der Waals surface area contributed by atoms with Gasteiger partial charge in [0.2, 0.25) is 0 Å². The number of hydrogen-bond donors (Lipinski definition) is 1. The van der Waals surface area contributed by atoms with Crippen LogP contribution in [-0.4, -0.2) is 18.7 Å². The molecule has 2 fully saturated rings. The van der Waals surface area contributed by atoms with Crippen LogP contribution in [0.4, 0.5) is 0 Å². The van der Waals surface area contributed by atoms with Gasteiger partial charge in [-0.1, -0.05) is 20.8 Å². The van der Waals surface area contributed by atoms with E-state index in [0.29, 0.717) is 11.8 Å². The van der Waals surface area contributed by atoms with Crippen LogP contribution in [0.15, 0.2) is 0 Å². The van der Waals surface area contributed by atoms with Crippen LogP contribution >= 0.6 is 0 Å². The summed E-state index contributed by atoms with van der Waals surface area (Å²) in [4.78, 5) is 0. The molecule has 3 nitrogen and oxygen atoms in total. The lowest BCUT2D eigenvalue weighted by Gasteiger charge is -2.40. The van der Waals surface area contributed by atoms with Crippen molar-refractivity contribution in [2.75, 3.05) is 5.75 Å². The number of fused-ring (bicyclic) bond motifs is 2. The predicted molar refractivity (Wildman–Crippen MR) is 59.1 cm³/mol.